The number of rotatable bonds is 4. The number of ether oxygens (including phenoxy) is 1. The predicted molar refractivity (Wildman–Crippen MR) is 74.5 cm³/mol. The van der Waals surface area contributed by atoms with E-state index in [0.29, 0.717) is 17.8 Å². The minimum absolute atomic E-state index is 0.00292. The fraction of sp³-hybridized carbons (Fsp3) is 0.867. The fourth-order valence-electron chi connectivity index (χ4n) is 3.06. The van der Waals surface area contributed by atoms with Crippen molar-refractivity contribution in [3.8, 4) is 0 Å². The van der Waals surface area contributed by atoms with Crippen molar-refractivity contribution >= 4 is 11.9 Å². The maximum atomic E-state index is 12.4. The molecule has 1 fully saturated rings. The summed E-state index contributed by atoms with van der Waals surface area (Å²) in [6.07, 6.45) is 3.21. The lowest BCUT2D eigenvalue weighted by molar-refractivity contribution is -0.145. The third-order valence-electron chi connectivity index (χ3n) is 4.27. The minimum Gasteiger partial charge on any atom is -0.467 e. The van der Waals surface area contributed by atoms with Gasteiger partial charge in [0.2, 0.25) is 5.91 Å². The molecule has 1 aliphatic rings. The molecule has 0 aromatic heterocycles. The Balaban J connectivity index is 2.68. The zero-order valence-corrected chi connectivity index (χ0v) is 12.7. The topological polar surface area (TPSA) is 55.4 Å². The van der Waals surface area contributed by atoms with Crippen LogP contribution in [0.4, 0.5) is 0 Å². The van der Waals surface area contributed by atoms with Gasteiger partial charge >= 0.3 is 5.97 Å². The lowest BCUT2D eigenvalue weighted by Crippen LogP contribution is -2.46. The van der Waals surface area contributed by atoms with Crippen LogP contribution in [0.2, 0.25) is 0 Å². The smallest absolute Gasteiger partial charge is 0.328 e. The van der Waals surface area contributed by atoms with Crippen molar-refractivity contribution in [2.75, 3.05) is 7.11 Å². The number of carbonyl (C=O) groups excluding carboxylic acids is 2. The van der Waals surface area contributed by atoms with E-state index in [1.807, 2.05) is 0 Å². The molecule has 0 bridgehead atoms. The second-order valence-corrected chi connectivity index (χ2v) is 6.19. The Morgan fingerprint density at radius 3 is 2.37 bits per heavy atom. The standard InChI is InChI=1S/C15H27NO3/c1-9(2)12-7-6-10(3)8-13(12)14(17)16-11(4)15(18)19-5/h9-13H,6-8H2,1-5H3,(H,16,17)/t10-,11-,12+,13?/m1/s1. The van der Waals surface area contributed by atoms with E-state index in [2.05, 4.69) is 30.8 Å². The van der Waals surface area contributed by atoms with Gasteiger partial charge in [0.1, 0.15) is 6.04 Å². The Kier molecular flexibility index (Phi) is 5.83. The van der Waals surface area contributed by atoms with Crippen molar-refractivity contribution < 1.29 is 14.3 Å². The molecule has 1 saturated carbocycles. The average Bonchev–Trinajstić information content (AvgIpc) is 2.36. The molecule has 0 radical (unpaired) electrons. The third kappa shape index (κ3) is 4.22. The van der Waals surface area contributed by atoms with E-state index in [0.717, 1.165) is 12.8 Å². The Labute approximate surface area is 116 Å². The van der Waals surface area contributed by atoms with Crippen LogP contribution in [-0.2, 0) is 14.3 Å². The van der Waals surface area contributed by atoms with Crippen LogP contribution < -0.4 is 5.32 Å². The number of hydrogen-bond acceptors (Lipinski definition) is 3. The molecule has 1 rings (SSSR count). The molecule has 4 heteroatoms. The molecule has 0 saturated heterocycles. The van der Waals surface area contributed by atoms with Gasteiger partial charge in [-0.25, -0.2) is 4.79 Å². The zero-order valence-electron chi connectivity index (χ0n) is 12.7. The van der Waals surface area contributed by atoms with Gasteiger partial charge in [-0.05, 0) is 37.5 Å². The molecule has 0 heterocycles. The van der Waals surface area contributed by atoms with E-state index >= 15 is 0 Å². The van der Waals surface area contributed by atoms with Crippen molar-refractivity contribution in [3.05, 3.63) is 0 Å². The summed E-state index contributed by atoms with van der Waals surface area (Å²) in [6.45, 7) is 8.20. The summed E-state index contributed by atoms with van der Waals surface area (Å²) in [5.74, 6) is 1.13. The lowest BCUT2D eigenvalue weighted by atomic mass is 9.69. The number of hydrogen-bond donors (Lipinski definition) is 1. The molecule has 110 valence electrons. The summed E-state index contributed by atoms with van der Waals surface area (Å²) in [5.41, 5.74) is 0. The molecule has 4 nitrogen and oxygen atoms in total. The van der Waals surface area contributed by atoms with E-state index in [1.54, 1.807) is 6.92 Å². The van der Waals surface area contributed by atoms with E-state index in [4.69, 9.17) is 0 Å². The first-order chi connectivity index (χ1) is 8.86. The average molecular weight is 269 g/mol. The normalized spacial score (nSPS) is 28.8. The summed E-state index contributed by atoms with van der Waals surface area (Å²) in [4.78, 5) is 23.7. The number of nitrogens with one attached hydrogen (secondary N) is 1. The SMILES string of the molecule is COC(=O)[C@@H](C)NC(=O)C1C[C@H](C)CC[C@H]1C(C)C. The van der Waals surface area contributed by atoms with Crippen LogP contribution in [0.25, 0.3) is 0 Å². The summed E-state index contributed by atoms with van der Waals surface area (Å²) in [5, 5.41) is 2.79. The molecular weight excluding hydrogens is 242 g/mol. The molecule has 1 unspecified atom stereocenters. The Hall–Kier alpha value is -1.06. The van der Waals surface area contributed by atoms with Crippen LogP contribution in [0.3, 0.4) is 0 Å². The highest BCUT2D eigenvalue weighted by Gasteiger charge is 2.36. The Morgan fingerprint density at radius 2 is 1.84 bits per heavy atom. The molecule has 0 spiro atoms. The van der Waals surface area contributed by atoms with Gasteiger partial charge in [-0.1, -0.05) is 27.2 Å². The summed E-state index contributed by atoms with van der Waals surface area (Å²) in [6, 6.07) is -0.567. The first kappa shape index (κ1) is 16.0. The molecule has 1 amide bonds. The van der Waals surface area contributed by atoms with Crippen LogP contribution in [0.5, 0.6) is 0 Å². The summed E-state index contributed by atoms with van der Waals surface area (Å²) >= 11 is 0. The second kappa shape index (κ2) is 6.92. The van der Waals surface area contributed by atoms with Gasteiger partial charge in [0, 0.05) is 5.92 Å². The molecule has 0 aromatic rings. The van der Waals surface area contributed by atoms with Crippen LogP contribution in [-0.4, -0.2) is 25.0 Å². The highest BCUT2D eigenvalue weighted by atomic mass is 16.5. The quantitative estimate of drug-likeness (QED) is 0.797. The maximum absolute atomic E-state index is 12.4. The Morgan fingerprint density at radius 1 is 1.21 bits per heavy atom. The van der Waals surface area contributed by atoms with Crippen molar-refractivity contribution in [1.29, 1.82) is 0 Å². The van der Waals surface area contributed by atoms with Crippen LogP contribution in [0.1, 0.15) is 47.0 Å². The van der Waals surface area contributed by atoms with Gasteiger partial charge in [0.15, 0.2) is 0 Å². The van der Waals surface area contributed by atoms with Gasteiger partial charge in [-0.2, -0.15) is 0 Å². The van der Waals surface area contributed by atoms with Gasteiger partial charge in [-0.3, -0.25) is 4.79 Å². The summed E-state index contributed by atoms with van der Waals surface area (Å²) < 4.78 is 4.64. The third-order valence-corrected chi connectivity index (χ3v) is 4.27. The van der Waals surface area contributed by atoms with Gasteiger partial charge in [0.25, 0.3) is 0 Å². The first-order valence-corrected chi connectivity index (χ1v) is 7.25. The predicted octanol–water partition coefficient (Wildman–Crippen LogP) is 2.37. The minimum atomic E-state index is -0.567. The van der Waals surface area contributed by atoms with Crippen molar-refractivity contribution in [2.45, 2.75) is 53.0 Å². The molecular formula is C15H27NO3. The van der Waals surface area contributed by atoms with Gasteiger partial charge < -0.3 is 10.1 Å². The number of amides is 1. The molecule has 19 heavy (non-hydrogen) atoms. The first-order valence-electron chi connectivity index (χ1n) is 7.25. The Bertz CT molecular complexity index is 327. The van der Waals surface area contributed by atoms with E-state index < -0.39 is 12.0 Å². The highest BCUT2D eigenvalue weighted by molar-refractivity contribution is 5.85. The van der Waals surface area contributed by atoms with E-state index in [1.165, 1.54) is 13.5 Å². The molecule has 1 N–H and O–H groups in total. The monoisotopic (exact) mass is 269 g/mol. The van der Waals surface area contributed by atoms with Gasteiger partial charge in [0.05, 0.1) is 7.11 Å². The van der Waals surface area contributed by atoms with Gasteiger partial charge in [-0.15, -0.1) is 0 Å². The zero-order chi connectivity index (χ0) is 14.6. The number of carbonyl (C=O) groups is 2. The van der Waals surface area contributed by atoms with Crippen molar-refractivity contribution in [2.24, 2.45) is 23.7 Å². The maximum Gasteiger partial charge on any atom is 0.328 e. The largest absolute Gasteiger partial charge is 0.467 e. The van der Waals surface area contributed by atoms with Crippen LogP contribution >= 0.6 is 0 Å². The van der Waals surface area contributed by atoms with Crippen molar-refractivity contribution in [3.63, 3.8) is 0 Å². The van der Waals surface area contributed by atoms with Crippen LogP contribution in [0, 0.1) is 23.7 Å². The molecule has 0 aromatic carbocycles. The van der Waals surface area contributed by atoms with E-state index in [-0.39, 0.29) is 11.8 Å². The molecule has 4 atom stereocenters. The van der Waals surface area contributed by atoms with E-state index in [9.17, 15) is 9.59 Å². The second-order valence-electron chi connectivity index (χ2n) is 6.19. The van der Waals surface area contributed by atoms with Crippen LogP contribution in [0.15, 0.2) is 0 Å². The highest BCUT2D eigenvalue weighted by Crippen LogP contribution is 2.38. The fourth-order valence-corrected chi connectivity index (χ4v) is 3.06. The number of esters is 1. The molecule has 0 aliphatic heterocycles. The molecule has 1 aliphatic carbocycles. The van der Waals surface area contributed by atoms with Crippen molar-refractivity contribution in [1.82, 2.24) is 5.32 Å². The number of methoxy groups -OCH3 is 1. The summed E-state index contributed by atoms with van der Waals surface area (Å²) in [7, 11) is 1.34. The lowest BCUT2D eigenvalue weighted by Gasteiger charge is -2.36.